The first kappa shape index (κ1) is 19.2. The summed E-state index contributed by atoms with van der Waals surface area (Å²) >= 11 is 3.27. The Balaban J connectivity index is 1.68. The zero-order valence-corrected chi connectivity index (χ0v) is 16.0. The van der Waals surface area contributed by atoms with Crippen molar-refractivity contribution in [2.75, 3.05) is 31.1 Å². The van der Waals surface area contributed by atoms with E-state index in [4.69, 9.17) is 0 Å². The number of hydrogen-bond acceptors (Lipinski definition) is 3. The lowest BCUT2D eigenvalue weighted by molar-refractivity contribution is -0.137. The number of nitrogens with zero attached hydrogens (tertiary/aromatic N) is 2. The van der Waals surface area contributed by atoms with E-state index in [1.165, 1.54) is 16.4 Å². The van der Waals surface area contributed by atoms with Crippen LogP contribution in [-0.4, -0.2) is 38.9 Å². The molecule has 1 aliphatic rings. The quantitative estimate of drug-likeness (QED) is 0.712. The van der Waals surface area contributed by atoms with E-state index in [0.29, 0.717) is 18.8 Å². The van der Waals surface area contributed by atoms with Gasteiger partial charge in [0.2, 0.25) is 10.0 Å². The molecule has 26 heavy (non-hydrogen) atoms. The molecule has 9 heteroatoms. The smallest absolute Gasteiger partial charge is 0.369 e. The molecule has 3 rings (SSSR count). The molecule has 2 aromatic carbocycles. The van der Waals surface area contributed by atoms with E-state index in [9.17, 15) is 21.6 Å². The van der Waals surface area contributed by atoms with Crippen molar-refractivity contribution in [2.24, 2.45) is 0 Å². The van der Waals surface area contributed by atoms with Crippen molar-refractivity contribution in [3.05, 3.63) is 58.6 Å². The highest BCUT2D eigenvalue weighted by Crippen LogP contribution is 2.31. The summed E-state index contributed by atoms with van der Waals surface area (Å²) in [5, 5.41) is 0. The second-order valence-corrected chi connectivity index (χ2v) is 8.74. The summed E-state index contributed by atoms with van der Waals surface area (Å²) in [6.07, 6.45) is -4.37. The summed E-state index contributed by atoms with van der Waals surface area (Å²) < 4.78 is 65.4. The summed E-state index contributed by atoms with van der Waals surface area (Å²) in [5.41, 5.74) is -0.0450. The molecular formula is C17H16BrF3N2O2S. The molecule has 0 aliphatic carbocycles. The van der Waals surface area contributed by atoms with Gasteiger partial charge in [0.05, 0.1) is 10.5 Å². The van der Waals surface area contributed by atoms with Crippen molar-refractivity contribution in [3.8, 4) is 0 Å². The third-order valence-corrected chi connectivity index (χ3v) is 6.69. The van der Waals surface area contributed by atoms with E-state index in [0.717, 1.165) is 16.6 Å². The molecule has 1 fully saturated rings. The van der Waals surface area contributed by atoms with Crippen LogP contribution in [0.5, 0.6) is 0 Å². The van der Waals surface area contributed by atoms with Gasteiger partial charge in [0.15, 0.2) is 0 Å². The zero-order valence-electron chi connectivity index (χ0n) is 13.6. The Morgan fingerprint density at radius 3 is 1.88 bits per heavy atom. The van der Waals surface area contributed by atoms with E-state index in [1.54, 1.807) is 24.3 Å². The molecule has 0 unspecified atom stereocenters. The molecule has 2 aromatic rings. The van der Waals surface area contributed by atoms with Crippen molar-refractivity contribution >= 4 is 31.6 Å². The number of halogens is 4. The first-order valence-electron chi connectivity index (χ1n) is 7.86. The first-order valence-corrected chi connectivity index (χ1v) is 10.1. The third kappa shape index (κ3) is 4.05. The summed E-state index contributed by atoms with van der Waals surface area (Å²) in [6, 6.07) is 11.4. The van der Waals surface area contributed by atoms with Crippen molar-refractivity contribution in [3.63, 3.8) is 0 Å². The topological polar surface area (TPSA) is 40.6 Å². The molecule has 140 valence electrons. The lowest BCUT2D eigenvalue weighted by Gasteiger charge is -2.35. The van der Waals surface area contributed by atoms with E-state index in [-0.39, 0.29) is 18.0 Å². The monoisotopic (exact) mass is 448 g/mol. The van der Waals surface area contributed by atoms with Crippen LogP contribution in [0.25, 0.3) is 0 Å². The van der Waals surface area contributed by atoms with E-state index < -0.39 is 21.8 Å². The van der Waals surface area contributed by atoms with Gasteiger partial charge in [-0.2, -0.15) is 17.5 Å². The predicted octanol–water partition coefficient (Wildman–Crippen LogP) is 3.98. The molecule has 0 amide bonds. The Labute approximate surface area is 158 Å². The van der Waals surface area contributed by atoms with Gasteiger partial charge in [-0.3, -0.25) is 0 Å². The number of alkyl halides is 3. The van der Waals surface area contributed by atoms with Crippen LogP contribution < -0.4 is 4.90 Å². The predicted molar refractivity (Wildman–Crippen MR) is 96.6 cm³/mol. The van der Waals surface area contributed by atoms with Crippen molar-refractivity contribution < 1.29 is 21.6 Å². The Hall–Kier alpha value is -1.58. The standard InChI is InChI=1S/C17H16BrF3N2O2S/c18-14-3-7-16(8-4-14)26(24,25)23-11-9-22(10-12-23)15-5-1-13(2-6-15)17(19,20)21/h1-8H,9-12H2. The maximum absolute atomic E-state index is 12.7. The van der Waals surface area contributed by atoms with Gasteiger partial charge in [-0.1, -0.05) is 15.9 Å². The molecule has 0 radical (unpaired) electrons. The van der Waals surface area contributed by atoms with E-state index in [2.05, 4.69) is 15.9 Å². The lowest BCUT2D eigenvalue weighted by atomic mass is 10.2. The SMILES string of the molecule is O=S(=O)(c1ccc(Br)cc1)N1CCN(c2ccc(C(F)(F)F)cc2)CC1. The van der Waals surface area contributed by atoms with Crippen LogP contribution in [0.2, 0.25) is 0 Å². The van der Waals surface area contributed by atoms with Crippen LogP contribution in [0, 0.1) is 0 Å². The Morgan fingerprint density at radius 2 is 1.38 bits per heavy atom. The average molecular weight is 449 g/mol. The minimum Gasteiger partial charge on any atom is -0.369 e. The Morgan fingerprint density at radius 1 is 0.846 bits per heavy atom. The van der Waals surface area contributed by atoms with Gasteiger partial charge in [-0.15, -0.1) is 0 Å². The molecule has 0 N–H and O–H groups in total. The molecule has 0 spiro atoms. The van der Waals surface area contributed by atoms with Gasteiger partial charge in [0, 0.05) is 36.3 Å². The maximum Gasteiger partial charge on any atom is 0.416 e. The normalized spacial score (nSPS) is 16.7. The number of rotatable bonds is 3. The zero-order chi connectivity index (χ0) is 18.9. The molecule has 0 saturated carbocycles. The number of anilines is 1. The van der Waals surface area contributed by atoms with Crippen LogP contribution in [0.3, 0.4) is 0 Å². The fraction of sp³-hybridized carbons (Fsp3) is 0.294. The van der Waals surface area contributed by atoms with Crippen molar-refractivity contribution in [2.45, 2.75) is 11.1 Å². The second kappa shape index (κ2) is 7.21. The second-order valence-electron chi connectivity index (χ2n) is 5.89. The van der Waals surface area contributed by atoms with Crippen molar-refractivity contribution in [1.82, 2.24) is 4.31 Å². The minimum absolute atomic E-state index is 0.226. The van der Waals surface area contributed by atoms with E-state index >= 15 is 0 Å². The molecule has 0 bridgehead atoms. The van der Waals surface area contributed by atoms with Gasteiger partial charge in [0.1, 0.15) is 0 Å². The lowest BCUT2D eigenvalue weighted by Crippen LogP contribution is -2.48. The summed E-state index contributed by atoms with van der Waals surface area (Å²) in [7, 11) is -3.57. The number of hydrogen-bond donors (Lipinski definition) is 0. The highest BCUT2D eigenvalue weighted by atomic mass is 79.9. The van der Waals surface area contributed by atoms with Crippen LogP contribution in [0.15, 0.2) is 57.9 Å². The summed E-state index contributed by atoms with van der Waals surface area (Å²) in [5.74, 6) is 0. The largest absolute Gasteiger partial charge is 0.416 e. The number of benzene rings is 2. The summed E-state index contributed by atoms with van der Waals surface area (Å²) in [4.78, 5) is 2.11. The van der Waals surface area contributed by atoms with Gasteiger partial charge in [-0.25, -0.2) is 8.42 Å². The first-order chi connectivity index (χ1) is 12.2. The van der Waals surface area contributed by atoms with Crippen LogP contribution >= 0.6 is 15.9 Å². The average Bonchev–Trinajstić information content (AvgIpc) is 2.62. The molecule has 1 aliphatic heterocycles. The molecule has 1 heterocycles. The van der Waals surface area contributed by atoms with Crippen molar-refractivity contribution in [1.29, 1.82) is 0 Å². The fourth-order valence-corrected chi connectivity index (χ4v) is 4.49. The van der Waals surface area contributed by atoms with Gasteiger partial charge >= 0.3 is 6.18 Å². The van der Waals surface area contributed by atoms with Crippen LogP contribution in [0.1, 0.15) is 5.56 Å². The fourth-order valence-electron chi connectivity index (χ4n) is 2.80. The third-order valence-electron chi connectivity index (χ3n) is 4.25. The van der Waals surface area contributed by atoms with Crippen LogP contribution in [0.4, 0.5) is 18.9 Å². The van der Waals surface area contributed by atoms with Gasteiger partial charge in [0.25, 0.3) is 0 Å². The Kier molecular flexibility index (Phi) is 5.32. The molecular weight excluding hydrogens is 433 g/mol. The molecule has 1 saturated heterocycles. The summed E-state index contributed by atoms with van der Waals surface area (Å²) in [6.45, 7) is 1.39. The molecule has 0 aromatic heterocycles. The molecule has 4 nitrogen and oxygen atoms in total. The minimum atomic E-state index is -4.37. The van der Waals surface area contributed by atoms with Gasteiger partial charge in [-0.05, 0) is 48.5 Å². The van der Waals surface area contributed by atoms with Gasteiger partial charge < -0.3 is 4.90 Å². The Bertz CT molecular complexity index is 860. The molecule has 0 atom stereocenters. The number of sulfonamides is 1. The highest BCUT2D eigenvalue weighted by Gasteiger charge is 2.31. The van der Waals surface area contributed by atoms with Crippen LogP contribution in [-0.2, 0) is 16.2 Å². The highest BCUT2D eigenvalue weighted by molar-refractivity contribution is 9.10. The maximum atomic E-state index is 12.7. The number of piperazine rings is 1. The van der Waals surface area contributed by atoms with E-state index in [1.807, 2.05) is 4.90 Å².